The first-order valence-electron chi connectivity index (χ1n) is 6.65. The highest BCUT2D eigenvalue weighted by Gasteiger charge is 2.38. The van der Waals surface area contributed by atoms with Crippen LogP contribution >= 0.6 is 0 Å². The molecule has 1 unspecified atom stereocenters. The Labute approximate surface area is 109 Å². The molecule has 2 aliphatic heterocycles. The van der Waals surface area contributed by atoms with E-state index < -0.39 is 16.1 Å². The molecule has 2 rings (SSSR count). The average molecular weight is 274 g/mol. The Morgan fingerprint density at radius 3 is 2.28 bits per heavy atom. The maximum absolute atomic E-state index is 12.4. The molecule has 0 radical (unpaired) electrons. The highest BCUT2D eigenvalue weighted by molar-refractivity contribution is 7.88. The normalized spacial score (nSPS) is 27.7. The van der Waals surface area contributed by atoms with Gasteiger partial charge in [0.15, 0.2) is 0 Å². The molecule has 0 aliphatic carbocycles. The van der Waals surface area contributed by atoms with E-state index in [-0.39, 0.29) is 5.91 Å². The van der Waals surface area contributed by atoms with Gasteiger partial charge >= 0.3 is 0 Å². The molecule has 6 heteroatoms. The Morgan fingerprint density at radius 1 is 1.11 bits per heavy atom. The first kappa shape index (κ1) is 13.8. The van der Waals surface area contributed by atoms with Gasteiger partial charge < -0.3 is 4.90 Å². The van der Waals surface area contributed by atoms with Crippen LogP contribution in [0, 0.1) is 5.92 Å². The van der Waals surface area contributed by atoms with Gasteiger partial charge in [-0.05, 0) is 31.6 Å². The van der Waals surface area contributed by atoms with Crippen LogP contribution in [0.15, 0.2) is 0 Å². The third kappa shape index (κ3) is 2.85. The number of carbonyl (C=O) groups excluding carboxylic acids is 1. The van der Waals surface area contributed by atoms with E-state index in [0.717, 1.165) is 32.4 Å². The van der Waals surface area contributed by atoms with Crippen LogP contribution in [0.25, 0.3) is 0 Å². The van der Waals surface area contributed by atoms with E-state index in [1.807, 2.05) is 4.90 Å². The lowest BCUT2D eigenvalue weighted by Crippen LogP contribution is -2.49. The third-order valence-electron chi connectivity index (χ3n) is 4.01. The number of rotatable bonds is 2. The zero-order chi connectivity index (χ0) is 13.3. The molecular weight excluding hydrogens is 252 g/mol. The molecule has 2 fully saturated rings. The molecule has 104 valence electrons. The Balaban J connectivity index is 2.04. The van der Waals surface area contributed by atoms with Crippen molar-refractivity contribution in [3.63, 3.8) is 0 Å². The molecule has 2 saturated heterocycles. The summed E-state index contributed by atoms with van der Waals surface area (Å²) in [4.78, 5) is 14.2. The van der Waals surface area contributed by atoms with Gasteiger partial charge in [0.2, 0.25) is 15.9 Å². The molecule has 0 bridgehead atoms. The second-order valence-electron chi connectivity index (χ2n) is 5.54. The van der Waals surface area contributed by atoms with Crippen LogP contribution in [0.3, 0.4) is 0 Å². The Kier molecular flexibility index (Phi) is 3.96. The maximum atomic E-state index is 12.4. The van der Waals surface area contributed by atoms with Crippen LogP contribution in [0.2, 0.25) is 0 Å². The minimum Gasteiger partial charge on any atom is -0.341 e. The van der Waals surface area contributed by atoms with Crippen molar-refractivity contribution in [2.75, 3.05) is 25.9 Å². The number of hydrogen-bond donors (Lipinski definition) is 0. The number of piperidine rings is 1. The molecule has 0 spiro atoms. The topological polar surface area (TPSA) is 57.7 Å². The SMILES string of the molecule is CC1CCN(C(=O)C2CCCN2S(C)(=O)=O)CC1. The van der Waals surface area contributed by atoms with Crippen LogP contribution in [-0.4, -0.2) is 55.5 Å². The van der Waals surface area contributed by atoms with Gasteiger partial charge in [-0.3, -0.25) is 4.79 Å². The van der Waals surface area contributed by atoms with E-state index in [0.29, 0.717) is 18.9 Å². The van der Waals surface area contributed by atoms with E-state index in [4.69, 9.17) is 0 Å². The van der Waals surface area contributed by atoms with Crippen molar-refractivity contribution < 1.29 is 13.2 Å². The first-order chi connectivity index (χ1) is 8.39. The lowest BCUT2D eigenvalue weighted by molar-refractivity contribution is -0.135. The molecule has 0 aromatic heterocycles. The quantitative estimate of drug-likeness (QED) is 0.743. The number of hydrogen-bond acceptors (Lipinski definition) is 3. The van der Waals surface area contributed by atoms with Gasteiger partial charge in [-0.2, -0.15) is 4.31 Å². The van der Waals surface area contributed by atoms with Crippen LogP contribution in [0.5, 0.6) is 0 Å². The monoisotopic (exact) mass is 274 g/mol. The van der Waals surface area contributed by atoms with Crippen molar-refractivity contribution >= 4 is 15.9 Å². The van der Waals surface area contributed by atoms with Crippen LogP contribution in [0.4, 0.5) is 0 Å². The molecule has 2 aliphatic rings. The van der Waals surface area contributed by atoms with Crippen LogP contribution < -0.4 is 0 Å². The highest BCUT2D eigenvalue weighted by atomic mass is 32.2. The van der Waals surface area contributed by atoms with Gasteiger partial charge in [0.1, 0.15) is 6.04 Å². The Hall–Kier alpha value is -0.620. The van der Waals surface area contributed by atoms with E-state index in [2.05, 4.69) is 6.92 Å². The van der Waals surface area contributed by atoms with Gasteiger partial charge in [-0.15, -0.1) is 0 Å². The summed E-state index contributed by atoms with van der Waals surface area (Å²) in [5.41, 5.74) is 0. The van der Waals surface area contributed by atoms with Gasteiger partial charge in [0.05, 0.1) is 6.26 Å². The predicted molar refractivity (Wildman–Crippen MR) is 69.5 cm³/mol. The van der Waals surface area contributed by atoms with E-state index >= 15 is 0 Å². The minimum atomic E-state index is -3.26. The van der Waals surface area contributed by atoms with Gasteiger partial charge in [-0.1, -0.05) is 6.92 Å². The molecule has 5 nitrogen and oxygen atoms in total. The van der Waals surface area contributed by atoms with Gasteiger partial charge in [0.25, 0.3) is 0 Å². The lowest BCUT2D eigenvalue weighted by Gasteiger charge is -2.33. The molecule has 0 aromatic rings. The summed E-state index contributed by atoms with van der Waals surface area (Å²) in [5, 5.41) is 0. The summed E-state index contributed by atoms with van der Waals surface area (Å²) in [7, 11) is -3.26. The molecule has 1 amide bonds. The minimum absolute atomic E-state index is 0.00447. The molecule has 2 heterocycles. The van der Waals surface area contributed by atoms with Crippen molar-refractivity contribution in [1.82, 2.24) is 9.21 Å². The molecule has 0 aromatic carbocycles. The highest BCUT2D eigenvalue weighted by Crippen LogP contribution is 2.24. The summed E-state index contributed by atoms with van der Waals surface area (Å²) in [5.74, 6) is 0.675. The predicted octanol–water partition coefficient (Wildman–Crippen LogP) is 0.669. The lowest BCUT2D eigenvalue weighted by atomic mass is 9.98. The summed E-state index contributed by atoms with van der Waals surface area (Å²) in [6.07, 6.45) is 4.69. The number of amides is 1. The average Bonchev–Trinajstić information content (AvgIpc) is 2.77. The van der Waals surface area contributed by atoms with Gasteiger partial charge in [0, 0.05) is 19.6 Å². The zero-order valence-electron chi connectivity index (χ0n) is 11.1. The van der Waals surface area contributed by atoms with Crippen molar-refractivity contribution in [2.45, 2.75) is 38.6 Å². The van der Waals surface area contributed by atoms with Crippen molar-refractivity contribution in [1.29, 1.82) is 0 Å². The van der Waals surface area contributed by atoms with Crippen molar-refractivity contribution in [2.24, 2.45) is 5.92 Å². The number of carbonyl (C=O) groups is 1. The molecule has 1 atom stereocenters. The largest absolute Gasteiger partial charge is 0.341 e. The summed E-state index contributed by atoms with van der Waals surface area (Å²) < 4.78 is 24.6. The number of sulfonamides is 1. The van der Waals surface area contributed by atoms with E-state index in [1.54, 1.807) is 0 Å². The molecule has 0 saturated carbocycles. The fourth-order valence-corrected chi connectivity index (χ4v) is 3.94. The van der Waals surface area contributed by atoms with Gasteiger partial charge in [-0.25, -0.2) is 8.42 Å². The van der Waals surface area contributed by atoms with E-state index in [9.17, 15) is 13.2 Å². The smallest absolute Gasteiger partial charge is 0.241 e. The van der Waals surface area contributed by atoms with E-state index in [1.165, 1.54) is 10.6 Å². The molecular formula is C12H22N2O3S. The zero-order valence-corrected chi connectivity index (χ0v) is 11.9. The third-order valence-corrected chi connectivity index (χ3v) is 5.30. The first-order valence-corrected chi connectivity index (χ1v) is 8.50. The fourth-order valence-electron chi connectivity index (χ4n) is 2.82. The van der Waals surface area contributed by atoms with Crippen LogP contribution in [-0.2, 0) is 14.8 Å². The second-order valence-corrected chi connectivity index (χ2v) is 7.47. The molecule has 0 N–H and O–H groups in total. The maximum Gasteiger partial charge on any atom is 0.241 e. The Morgan fingerprint density at radius 2 is 1.72 bits per heavy atom. The standard InChI is InChI=1S/C12H22N2O3S/c1-10-5-8-13(9-6-10)12(15)11-4-3-7-14(11)18(2,16)17/h10-11H,3-9H2,1-2H3. The van der Waals surface area contributed by atoms with Crippen molar-refractivity contribution in [3.05, 3.63) is 0 Å². The summed E-state index contributed by atoms with van der Waals surface area (Å²) in [6, 6.07) is -0.451. The summed E-state index contributed by atoms with van der Waals surface area (Å²) >= 11 is 0. The number of likely N-dealkylation sites (tertiary alicyclic amines) is 1. The van der Waals surface area contributed by atoms with Crippen molar-refractivity contribution in [3.8, 4) is 0 Å². The van der Waals surface area contributed by atoms with Crippen LogP contribution in [0.1, 0.15) is 32.6 Å². The summed E-state index contributed by atoms with van der Waals surface area (Å²) in [6.45, 7) is 4.22. The fraction of sp³-hybridized carbons (Fsp3) is 0.917. The second kappa shape index (κ2) is 5.17. The number of nitrogens with zero attached hydrogens (tertiary/aromatic N) is 2. The Bertz CT molecular complexity index is 413. The molecule has 18 heavy (non-hydrogen) atoms.